The molecule has 0 bridgehead atoms. The van der Waals surface area contributed by atoms with Crippen molar-refractivity contribution in [3.05, 3.63) is 70.4 Å². The van der Waals surface area contributed by atoms with Crippen LogP contribution in [0.15, 0.2) is 59.8 Å². The lowest BCUT2D eigenvalue weighted by atomic mass is 9.94. The van der Waals surface area contributed by atoms with E-state index in [2.05, 4.69) is 20.4 Å². The molecule has 34 heavy (non-hydrogen) atoms. The molecule has 0 saturated carbocycles. The summed E-state index contributed by atoms with van der Waals surface area (Å²) in [6.45, 7) is 5.65. The Morgan fingerprint density at radius 3 is 2.47 bits per heavy atom. The fourth-order valence-electron chi connectivity index (χ4n) is 4.37. The van der Waals surface area contributed by atoms with Gasteiger partial charge in [-0.05, 0) is 37.3 Å². The molecule has 1 saturated heterocycles. The number of amides is 2. The number of piperazine rings is 1. The second-order valence-corrected chi connectivity index (χ2v) is 8.56. The van der Waals surface area contributed by atoms with Gasteiger partial charge < -0.3 is 25.0 Å². The van der Waals surface area contributed by atoms with Gasteiger partial charge in [0.2, 0.25) is 0 Å². The molecule has 2 amide bonds. The van der Waals surface area contributed by atoms with Crippen molar-refractivity contribution >= 4 is 29.3 Å². The van der Waals surface area contributed by atoms with E-state index in [0.717, 1.165) is 31.9 Å². The van der Waals surface area contributed by atoms with Crippen LogP contribution in [0.1, 0.15) is 18.5 Å². The largest absolute Gasteiger partial charge is 0.496 e. The maximum Gasteiger partial charge on any atom is 0.338 e. The third kappa shape index (κ3) is 5.29. The zero-order chi connectivity index (χ0) is 24.1. The van der Waals surface area contributed by atoms with Gasteiger partial charge in [-0.2, -0.15) is 0 Å². The van der Waals surface area contributed by atoms with Gasteiger partial charge in [0.15, 0.2) is 0 Å². The molecule has 2 aromatic rings. The molecule has 8 nitrogen and oxygen atoms in total. The Morgan fingerprint density at radius 2 is 1.79 bits per heavy atom. The second kappa shape index (κ2) is 10.8. The predicted octanol–water partition coefficient (Wildman–Crippen LogP) is 3.34. The van der Waals surface area contributed by atoms with Gasteiger partial charge in [-0.3, -0.25) is 4.90 Å². The summed E-state index contributed by atoms with van der Waals surface area (Å²) in [7, 11) is 1.57. The Labute approximate surface area is 204 Å². The molecule has 2 aromatic carbocycles. The molecule has 1 unspecified atom stereocenters. The summed E-state index contributed by atoms with van der Waals surface area (Å²) in [5, 5.41) is 6.44. The van der Waals surface area contributed by atoms with Crippen LogP contribution in [0, 0.1) is 0 Å². The van der Waals surface area contributed by atoms with E-state index < -0.39 is 12.0 Å². The number of hydrogen-bond acceptors (Lipinski definition) is 6. The van der Waals surface area contributed by atoms with Gasteiger partial charge in [0, 0.05) is 54.7 Å². The summed E-state index contributed by atoms with van der Waals surface area (Å²) in [6, 6.07) is 14.1. The summed E-state index contributed by atoms with van der Waals surface area (Å²) >= 11 is 6.01. The number of rotatable bonds is 7. The van der Waals surface area contributed by atoms with Crippen molar-refractivity contribution in [1.82, 2.24) is 15.5 Å². The summed E-state index contributed by atoms with van der Waals surface area (Å²) in [4.78, 5) is 30.2. The highest BCUT2D eigenvalue weighted by Crippen LogP contribution is 2.33. The number of anilines is 1. The zero-order valence-corrected chi connectivity index (χ0v) is 20.1. The van der Waals surface area contributed by atoms with Crippen LogP contribution in [0.3, 0.4) is 0 Å². The molecule has 180 valence electrons. The third-order valence-electron chi connectivity index (χ3n) is 6.04. The molecule has 0 radical (unpaired) electrons. The maximum atomic E-state index is 13.1. The standard InChI is InChI=1S/C25H29ClN4O4/c1-3-34-24(31)22-20(27-25(32)28-23(22)19-6-4-5-7-21(19)33-2)16-29-12-14-30(15-13-29)18-10-8-17(26)9-11-18/h4-11,23H,3,12-16H2,1-2H3,(H2,27,28,32). The van der Waals surface area contributed by atoms with Crippen LogP contribution >= 0.6 is 11.6 Å². The molecule has 2 N–H and O–H groups in total. The molecule has 0 aliphatic carbocycles. The van der Waals surface area contributed by atoms with Gasteiger partial charge >= 0.3 is 12.0 Å². The molecule has 1 atom stereocenters. The van der Waals surface area contributed by atoms with Gasteiger partial charge in [-0.25, -0.2) is 9.59 Å². The van der Waals surface area contributed by atoms with Crippen molar-refractivity contribution in [2.24, 2.45) is 0 Å². The summed E-state index contributed by atoms with van der Waals surface area (Å²) in [5.74, 6) is 0.133. The molecular formula is C25H29ClN4O4. The first-order valence-corrected chi connectivity index (χ1v) is 11.7. The van der Waals surface area contributed by atoms with Crippen LogP contribution in [0.2, 0.25) is 5.02 Å². The fourth-order valence-corrected chi connectivity index (χ4v) is 4.50. The van der Waals surface area contributed by atoms with Crippen molar-refractivity contribution in [3.63, 3.8) is 0 Å². The van der Waals surface area contributed by atoms with Crippen molar-refractivity contribution in [1.29, 1.82) is 0 Å². The first-order valence-electron chi connectivity index (χ1n) is 11.3. The van der Waals surface area contributed by atoms with E-state index in [0.29, 0.717) is 34.2 Å². The number of esters is 1. The third-order valence-corrected chi connectivity index (χ3v) is 6.30. The number of carbonyl (C=O) groups excluding carboxylic acids is 2. The van der Waals surface area contributed by atoms with Gasteiger partial charge in [0.25, 0.3) is 0 Å². The van der Waals surface area contributed by atoms with Crippen LogP contribution in [0.5, 0.6) is 5.75 Å². The number of urea groups is 1. The van der Waals surface area contributed by atoms with E-state index in [1.54, 1.807) is 14.0 Å². The van der Waals surface area contributed by atoms with Gasteiger partial charge in [-0.15, -0.1) is 0 Å². The van der Waals surface area contributed by atoms with Crippen LogP contribution in [0.4, 0.5) is 10.5 Å². The Hall–Kier alpha value is -3.23. The average Bonchev–Trinajstić information content (AvgIpc) is 2.85. The molecule has 2 aliphatic heterocycles. The van der Waals surface area contributed by atoms with E-state index >= 15 is 0 Å². The molecular weight excluding hydrogens is 456 g/mol. The molecule has 0 spiro atoms. The van der Waals surface area contributed by atoms with E-state index in [4.69, 9.17) is 21.1 Å². The molecule has 4 rings (SSSR count). The minimum absolute atomic E-state index is 0.238. The van der Waals surface area contributed by atoms with E-state index in [-0.39, 0.29) is 12.6 Å². The summed E-state index contributed by atoms with van der Waals surface area (Å²) in [6.07, 6.45) is 0. The van der Waals surface area contributed by atoms with Gasteiger partial charge in [-0.1, -0.05) is 29.8 Å². The summed E-state index contributed by atoms with van der Waals surface area (Å²) < 4.78 is 10.9. The fraction of sp³-hybridized carbons (Fsp3) is 0.360. The first kappa shape index (κ1) is 23.9. The number of nitrogens with zero attached hydrogens (tertiary/aromatic N) is 2. The van der Waals surface area contributed by atoms with Crippen molar-refractivity contribution in [2.45, 2.75) is 13.0 Å². The lowest BCUT2D eigenvalue weighted by Gasteiger charge is -2.38. The van der Waals surface area contributed by atoms with E-state index in [1.807, 2.05) is 48.5 Å². The quantitative estimate of drug-likeness (QED) is 0.586. The number of para-hydroxylation sites is 1. The molecule has 9 heteroatoms. The van der Waals surface area contributed by atoms with Crippen molar-refractivity contribution < 1.29 is 19.1 Å². The second-order valence-electron chi connectivity index (χ2n) is 8.13. The Kier molecular flexibility index (Phi) is 7.59. The van der Waals surface area contributed by atoms with E-state index in [1.165, 1.54) is 0 Å². The molecule has 0 aromatic heterocycles. The van der Waals surface area contributed by atoms with Crippen LogP contribution in [-0.2, 0) is 9.53 Å². The Morgan fingerprint density at radius 1 is 1.09 bits per heavy atom. The first-order chi connectivity index (χ1) is 16.5. The number of halogens is 1. The number of nitrogens with one attached hydrogen (secondary N) is 2. The van der Waals surface area contributed by atoms with E-state index in [9.17, 15) is 9.59 Å². The topological polar surface area (TPSA) is 83.1 Å². The van der Waals surface area contributed by atoms with Gasteiger partial charge in [0.1, 0.15) is 5.75 Å². The highest BCUT2D eigenvalue weighted by atomic mass is 35.5. The Balaban J connectivity index is 1.57. The lowest BCUT2D eigenvalue weighted by molar-refractivity contribution is -0.139. The number of ether oxygens (including phenoxy) is 2. The van der Waals surface area contributed by atoms with Crippen molar-refractivity contribution in [2.75, 3.05) is 51.3 Å². The number of methoxy groups -OCH3 is 1. The number of hydrogen-bond donors (Lipinski definition) is 2. The van der Waals surface area contributed by atoms with Crippen molar-refractivity contribution in [3.8, 4) is 5.75 Å². The van der Waals surface area contributed by atoms with Crippen LogP contribution in [0.25, 0.3) is 0 Å². The minimum atomic E-state index is -0.672. The monoisotopic (exact) mass is 484 g/mol. The van der Waals surface area contributed by atoms with Gasteiger partial charge in [0.05, 0.1) is 25.3 Å². The van der Waals surface area contributed by atoms with Crippen LogP contribution < -0.4 is 20.3 Å². The molecule has 2 aliphatic rings. The smallest absolute Gasteiger partial charge is 0.338 e. The average molecular weight is 485 g/mol. The highest BCUT2D eigenvalue weighted by Gasteiger charge is 2.36. The lowest BCUT2D eigenvalue weighted by Crippen LogP contribution is -2.51. The molecule has 1 fully saturated rings. The molecule has 2 heterocycles. The van der Waals surface area contributed by atoms with Crippen LogP contribution in [-0.4, -0.2) is 63.3 Å². The predicted molar refractivity (Wildman–Crippen MR) is 131 cm³/mol. The number of benzene rings is 2. The number of carbonyl (C=O) groups is 2. The normalized spacial score (nSPS) is 18.9. The SMILES string of the molecule is CCOC(=O)C1=C(CN2CCN(c3ccc(Cl)cc3)CC2)NC(=O)NC1c1ccccc1OC. The highest BCUT2D eigenvalue weighted by molar-refractivity contribution is 6.30. The summed E-state index contributed by atoms with van der Waals surface area (Å²) in [5.41, 5.74) is 2.78. The minimum Gasteiger partial charge on any atom is -0.496 e. The zero-order valence-electron chi connectivity index (χ0n) is 19.3. The Bertz CT molecular complexity index is 1060. The maximum absolute atomic E-state index is 13.1.